The Morgan fingerprint density at radius 1 is 0.833 bits per heavy atom. The Morgan fingerprint density at radius 3 is 1.94 bits per heavy atom. The minimum atomic E-state index is -0.0348. The molecule has 2 N–H and O–H groups in total. The fourth-order valence-corrected chi connectivity index (χ4v) is 2.20. The summed E-state index contributed by atoms with van der Waals surface area (Å²) in [6, 6.07) is 16.9. The lowest BCUT2D eigenvalue weighted by atomic mass is 9.94. The van der Waals surface area contributed by atoms with E-state index in [2.05, 4.69) is 57.2 Å². The molecule has 18 heavy (non-hydrogen) atoms. The Morgan fingerprint density at radius 2 is 1.39 bits per heavy atom. The van der Waals surface area contributed by atoms with Crippen molar-refractivity contribution in [1.29, 1.82) is 0 Å². The number of benzene rings is 2. The average molecular weight is 239 g/mol. The zero-order chi connectivity index (χ0) is 13.1. The maximum absolute atomic E-state index is 6.34. The first kappa shape index (κ1) is 12.8. The minimum absolute atomic E-state index is 0.0348. The van der Waals surface area contributed by atoms with E-state index in [4.69, 9.17) is 5.73 Å². The zero-order valence-electron chi connectivity index (χ0n) is 11.4. The summed E-state index contributed by atoms with van der Waals surface area (Å²) in [6.45, 7) is 6.52. The number of hydrogen-bond acceptors (Lipinski definition) is 1. The Bertz CT molecular complexity index is 511. The predicted molar refractivity (Wildman–Crippen MR) is 77.7 cm³/mol. The van der Waals surface area contributed by atoms with Crippen LogP contribution in [0.3, 0.4) is 0 Å². The Kier molecular flexibility index (Phi) is 3.83. The van der Waals surface area contributed by atoms with Gasteiger partial charge in [-0.25, -0.2) is 0 Å². The highest BCUT2D eigenvalue weighted by atomic mass is 14.6. The third kappa shape index (κ3) is 2.62. The molecule has 2 aromatic carbocycles. The van der Waals surface area contributed by atoms with Gasteiger partial charge in [0.05, 0.1) is 6.04 Å². The van der Waals surface area contributed by atoms with E-state index in [1.54, 1.807) is 0 Å². The van der Waals surface area contributed by atoms with E-state index in [-0.39, 0.29) is 6.04 Å². The second-order valence-corrected chi connectivity index (χ2v) is 5.16. The number of nitrogens with two attached hydrogens (primary N) is 1. The number of hydrogen-bond donors (Lipinski definition) is 1. The van der Waals surface area contributed by atoms with Crippen LogP contribution in [0.5, 0.6) is 0 Å². The molecule has 0 aliphatic carbocycles. The monoisotopic (exact) mass is 239 g/mol. The van der Waals surface area contributed by atoms with Crippen LogP contribution in [0.1, 0.15) is 48.1 Å². The molecule has 1 atom stereocenters. The van der Waals surface area contributed by atoms with Gasteiger partial charge in [-0.3, -0.25) is 0 Å². The van der Waals surface area contributed by atoms with Gasteiger partial charge in [-0.05, 0) is 35.1 Å². The van der Waals surface area contributed by atoms with Gasteiger partial charge in [-0.15, -0.1) is 0 Å². The minimum Gasteiger partial charge on any atom is -0.320 e. The lowest BCUT2D eigenvalue weighted by molar-refractivity contribution is 0.843. The van der Waals surface area contributed by atoms with Crippen LogP contribution in [0, 0.1) is 6.92 Å². The van der Waals surface area contributed by atoms with Crippen molar-refractivity contribution in [2.24, 2.45) is 5.73 Å². The van der Waals surface area contributed by atoms with Gasteiger partial charge < -0.3 is 5.73 Å². The van der Waals surface area contributed by atoms with Crippen molar-refractivity contribution in [2.75, 3.05) is 0 Å². The maximum atomic E-state index is 6.34. The standard InChI is InChI=1S/C17H21N/c1-12(2)14-8-10-15(11-9-14)17(18)16-7-5-4-6-13(16)3/h4-12,17H,18H2,1-3H3/t17-/m1/s1. The SMILES string of the molecule is Cc1ccccc1[C@H](N)c1ccc(C(C)C)cc1. The largest absolute Gasteiger partial charge is 0.320 e. The first-order valence-electron chi connectivity index (χ1n) is 6.50. The first-order chi connectivity index (χ1) is 8.59. The summed E-state index contributed by atoms with van der Waals surface area (Å²) in [4.78, 5) is 0. The molecule has 2 rings (SSSR count). The molecule has 0 amide bonds. The Labute approximate surface area is 110 Å². The van der Waals surface area contributed by atoms with Crippen molar-refractivity contribution in [1.82, 2.24) is 0 Å². The topological polar surface area (TPSA) is 26.0 Å². The van der Waals surface area contributed by atoms with Crippen LogP contribution >= 0.6 is 0 Å². The van der Waals surface area contributed by atoms with E-state index >= 15 is 0 Å². The average Bonchev–Trinajstić information content (AvgIpc) is 2.38. The molecule has 94 valence electrons. The van der Waals surface area contributed by atoms with Crippen molar-refractivity contribution in [2.45, 2.75) is 32.7 Å². The molecule has 0 heterocycles. The van der Waals surface area contributed by atoms with Gasteiger partial charge in [0.25, 0.3) is 0 Å². The van der Waals surface area contributed by atoms with Crippen LogP contribution in [-0.2, 0) is 0 Å². The highest BCUT2D eigenvalue weighted by Crippen LogP contribution is 2.24. The summed E-state index contributed by atoms with van der Waals surface area (Å²) in [5.74, 6) is 0.564. The molecule has 0 fully saturated rings. The molecule has 2 aromatic rings. The van der Waals surface area contributed by atoms with E-state index in [1.807, 2.05) is 12.1 Å². The van der Waals surface area contributed by atoms with Crippen LogP contribution in [0.25, 0.3) is 0 Å². The second-order valence-electron chi connectivity index (χ2n) is 5.16. The quantitative estimate of drug-likeness (QED) is 0.855. The fourth-order valence-electron chi connectivity index (χ4n) is 2.20. The highest BCUT2D eigenvalue weighted by molar-refractivity contribution is 5.37. The lowest BCUT2D eigenvalue weighted by Crippen LogP contribution is -2.13. The van der Waals surface area contributed by atoms with Gasteiger partial charge >= 0.3 is 0 Å². The molecule has 0 aliphatic heterocycles. The van der Waals surface area contributed by atoms with E-state index in [0.29, 0.717) is 5.92 Å². The zero-order valence-corrected chi connectivity index (χ0v) is 11.4. The van der Waals surface area contributed by atoms with E-state index in [0.717, 1.165) is 0 Å². The predicted octanol–water partition coefficient (Wildman–Crippen LogP) is 4.17. The van der Waals surface area contributed by atoms with Gasteiger partial charge in [-0.2, -0.15) is 0 Å². The summed E-state index contributed by atoms with van der Waals surface area (Å²) in [5, 5.41) is 0. The molecule has 0 bridgehead atoms. The summed E-state index contributed by atoms with van der Waals surface area (Å²) in [7, 11) is 0. The lowest BCUT2D eigenvalue weighted by Gasteiger charge is -2.16. The Hall–Kier alpha value is -1.60. The fraction of sp³-hybridized carbons (Fsp3) is 0.294. The maximum Gasteiger partial charge on any atom is 0.0554 e. The normalized spacial score (nSPS) is 12.7. The van der Waals surface area contributed by atoms with Crippen LogP contribution in [0.4, 0.5) is 0 Å². The van der Waals surface area contributed by atoms with E-state index < -0.39 is 0 Å². The summed E-state index contributed by atoms with van der Waals surface area (Å²) in [6.07, 6.45) is 0. The number of rotatable bonds is 3. The third-order valence-electron chi connectivity index (χ3n) is 3.49. The van der Waals surface area contributed by atoms with E-state index in [1.165, 1.54) is 22.3 Å². The van der Waals surface area contributed by atoms with Gasteiger partial charge in [0.2, 0.25) is 0 Å². The summed E-state index contributed by atoms with van der Waals surface area (Å²) in [5.41, 5.74) is 11.3. The Balaban J connectivity index is 2.29. The first-order valence-corrected chi connectivity index (χ1v) is 6.50. The van der Waals surface area contributed by atoms with Crippen molar-refractivity contribution >= 4 is 0 Å². The van der Waals surface area contributed by atoms with Crippen LogP contribution in [0.2, 0.25) is 0 Å². The third-order valence-corrected chi connectivity index (χ3v) is 3.49. The van der Waals surface area contributed by atoms with Crippen LogP contribution in [0.15, 0.2) is 48.5 Å². The summed E-state index contributed by atoms with van der Waals surface area (Å²) >= 11 is 0. The molecule has 0 aromatic heterocycles. The smallest absolute Gasteiger partial charge is 0.0554 e. The molecule has 0 aliphatic rings. The molecule has 0 unspecified atom stereocenters. The van der Waals surface area contributed by atoms with Crippen molar-refractivity contribution in [3.63, 3.8) is 0 Å². The molecular weight excluding hydrogens is 218 g/mol. The van der Waals surface area contributed by atoms with Crippen molar-refractivity contribution in [3.05, 3.63) is 70.8 Å². The van der Waals surface area contributed by atoms with Gasteiger partial charge in [0.15, 0.2) is 0 Å². The molecule has 1 heteroatoms. The summed E-state index contributed by atoms with van der Waals surface area (Å²) < 4.78 is 0. The van der Waals surface area contributed by atoms with Crippen molar-refractivity contribution in [3.8, 4) is 0 Å². The van der Waals surface area contributed by atoms with Crippen LogP contribution in [-0.4, -0.2) is 0 Å². The molecule has 0 radical (unpaired) electrons. The van der Waals surface area contributed by atoms with Crippen molar-refractivity contribution < 1.29 is 0 Å². The van der Waals surface area contributed by atoms with Gasteiger partial charge in [0, 0.05) is 0 Å². The van der Waals surface area contributed by atoms with Gasteiger partial charge in [0.1, 0.15) is 0 Å². The highest BCUT2D eigenvalue weighted by Gasteiger charge is 2.11. The van der Waals surface area contributed by atoms with E-state index in [9.17, 15) is 0 Å². The second kappa shape index (κ2) is 5.36. The van der Waals surface area contributed by atoms with Crippen LogP contribution < -0.4 is 5.73 Å². The molecule has 0 spiro atoms. The van der Waals surface area contributed by atoms with Gasteiger partial charge in [-0.1, -0.05) is 62.4 Å². The number of aryl methyl sites for hydroxylation is 1. The molecular formula is C17H21N. The molecule has 0 saturated heterocycles. The molecule has 1 nitrogen and oxygen atoms in total. The molecule has 0 saturated carbocycles.